The molecule has 5 nitrogen and oxygen atoms in total. The number of hydrogen-bond donors (Lipinski definition) is 0. The highest BCUT2D eigenvalue weighted by atomic mass is 16.2. The molecule has 1 fully saturated rings. The summed E-state index contributed by atoms with van der Waals surface area (Å²) in [7, 11) is 0. The summed E-state index contributed by atoms with van der Waals surface area (Å²) in [6.07, 6.45) is 6.55. The van der Waals surface area contributed by atoms with E-state index in [1.54, 1.807) is 12.4 Å². The van der Waals surface area contributed by atoms with Gasteiger partial charge in [-0.25, -0.2) is 9.97 Å². The van der Waals surface area contributed by atoms with Crippen LogP contribution in [-0.2, 0) is 6.42 Å². The van der Waals surface area contributed by atoms with Crippen molar-refractivity contribution in [2.75, 3.05) is 32.7 Å². The van der Waals surface area contributed by atoms with Gasteiger partial charge < -0.3 is 9.80 Å². The molecule has 5 heteroatoms. The molecule has 0 radical (unpaired) electrons. The Hall–Kier alpha value is -2.27. The van der Waals surface area contributed by atoms with Gasteiger partial charge in [0.25, 0.3) is 5.91 Å². The van der Waals surface area contributed by atoms with Crippen LogP contribution in [0, 0.1) is 6.92 Å². The lowest BCUT2D eigenvalue weighted by Crippen LogP contribution is -2.35. The smallest absolute Gasteiger partial charge is 0.257 e. The number of rotatable bonds is 5. The molecule has 0 N–H and O–H groups in total. The van der Waals surface area contributed by atoms with Gasteiger partial charge in [-0.15, -0.1) is 0 Å². The summed E-state index contributed by atoms with van der Waals surface area (Å²) < 4.78 is 0. The van der Waals surface area contributed by atoms with Crippen LogP contribution in [0.15, 0.2) is 42.7 Å². The summed E-state index contributed by atoms with van der Waals surface area (Å²) in [4.78, 5) is 25.3. The number of amides is 1. The molecular formula is C20H26N4O. The van der Waals surface area contributed by atoms with Crippen molar-refractivity contribution < 1.29 is 4.79 Å². The van der Waals surface area contributed by atoms with E-state index in [4.69, 9.17) is 0 Å². The van der Waals surface area contributed by atoms with Crippen LogP contribution in [0.2, 0.25) is 0 Å². The summed E-state index contributed by atoms with van der Waals surface area (Å²) in [6, 6.07) is 10.6. The third-order valence-electron chi connectivity index (χ3n) is 4.69. The molecule has 2 aromatic rings. The van der Waals surface area contributed by atoms with Gasteiger partial charge in [0.15, 0.2) is 0 Å². The largest absolute Gasteiger partial charge is 0.337 e. The normalized spacial score (nSPS) is 15.8. The second-order valence-corrected chi connectivity index (χ2v) is 6.60. The van der Waals surface area contributed by atoms with Crippen molar-refractivity contribution in [3.63, 3.8) is 0 Å². The fraction of sp³-hybridized carbons (Fsp3) is 0.450. The van der Waals surface area contributed by atoms with E-state index in [9.17, 15) is 4.79 Å². The highest BCUT2D eigenvalue weighted by Gasteiger charge is 2.20. The van der Waals surface area contributed by atoms with Crippen LogP contribution in [0.1, 0.15) is 34.6 Å². The van der Waals surface area contributed by atoms with Crippen molar-refractivity contribution >= 4 is 5.91 Å². The van der Waals surface area contributed by atoms with Gasteiger partial charge in [-0.2, -0.15) is 0 Å². The molecule has 1 aromatic heterocycles. The zero-order valence-electron chi connectivity index (χ0n) is 14.9. The van der Waals surface area contributed by atoms with E-state index < -0.39 is 0 Å². The Morgan fingerprint density at radius 3 is 2.56 bits per heavy atom. The second kappa shape index (κ2) is 8.72. The molecule has 1 aliphatic rings. The molecule has 0 bridgehead atoms. The quantitative estimate of drug-likeness (QED) is 0.841. The monoisotopic (exact) mass is 338 g/mol. The van der Waals surface area contributed by atoms with Crippen molar-refractivity contribution in [2.24, 2.45) is 0 Å². The van der Waals surface area contributed by atoms with Crippen LogP contribution in [0.4, 0.5) is 0 Å². The molecule has 0 aliphatic carbocycles. The molecule has 1 aromatic carbocycles. The Labute approximate surface area is 149 Å². The van der Waals surface area contributed by atoms with E-state index >= 15 is 0 Å². The van der Waals surface area contributed by atoms with Crippen molar-refractivity contribution in [3.8, 4) is 0 Å². The molecule has 3 rings (SSSR count). The zero-order valence-corrected chi connectivity index (χ0v) is 14.9. The van der Waals surface area contributed by atoms with E-state index in [1.807, 2.05) is 11.8 Å². The summed E-state index contributed by atoms with van der Waals surface area (Å²) in [6.45, 7) is 6.49. The molecule has 25 heavy (non-hydrogen) atoms. The van der Waals surface area contributed by atoms with Gasteiger partial charge in [-0.1, -0.05) is 30.3 Å². The highest BCUT2D eigenvalue weighted by molar-refractivity contribution is 5.93. The standard InChI is InChI=1S/C20H26N4O/c1-17-21-15-19(16-22-17)20(25)24-12-6-11-23(13-14-24)10-5-9-18-7-3-2-4-8-18/h2-4,7-8,15-16H,5-6,9-14H2,1H3. The lowest BCUT2D eigenvalue weighted by Gasteiger charge is -2.22. The van der Waals surface area contributed by atoms with E-state index in [0.717, 1.165) is 52.0 Å². The number of aromatic nitrogens is 2. The number of nitrogens with zero attached hydrogens (tertiary/aromatic N) is 4. The minimum absolute atomic E-state index is 0.0473. The molecule has 0 unspecified atom stereocenters. The number of benzene rings is 1. The Bertz CT molecular complexity index is 672. The minimum atomic E-state index is 0.0473. The van der Waals surface area contributed by atoms with Gasteiger partial charge in [0.05, 0.1) is 5.56 Å². The predicted octanol–water partition coefficient (Wildman–Crippen LogP) is 2.57. The summed E-state index contributed by atoms with van der Waals surface area (Å²) in [5.74, 6) is 0.739. The molecule has 0 spiro atoms. The average molecular weight is 338 g/mol. The van der Waals surface area contributed by atoms with Gasteiger partial charge in [-0.05, 0) is 44.8 Å². The van der Waals surface area contributed by atoms with Crippen molar-refractivity contribution in [1.82, 2.24) is 19.8 Å². The molecule has 132 valence electrons. The van der Waals surface area contributed by atoms with Crippen molar-refractivity contribution in [3.05, 3.63) is 59.7 Å². The summed E-state index contributed by atoms with van der Waals surface area (Å²) >= 11 is 0. The van der Waals surface area contributed by atoms with Crippen LogP contribution in [0.25, 0.3) is 0 Å². The Morgan fingerprint density at radius 1 is 1.04 bits per heavy atom. The molecular weight excluding hydrogens is 312 g/mol. The van der Waals surface area contributed by atoms with E-state index in [0.29, 0.717) is 11.4 Å². The Balaban J connectivity index is 1.47. The Morgan fingerprint density at radius 2 is 1.80 bits per heavy atom. The first-order valence-corrected chi connectivity index (χ1v) is 9.06. The maximum Gasteiger partial charge on any atom is 0.257 e. The van der Waals surface area contributed by atoms with Crippen LogP contribution in [0.3, 0.4) is 0 Å². The van der Waals surface area contributed by atoms with Crippen LogP contribution < -0.4 is 0 Å². The number of hydrogen-bond acceptors (Lipinski definition) is 4. The van der Waals surface area contributed by atoms with Gasteiger partial charge in [-0.3, -0.25) is 4.79 Å². The first-order chi connectivity index (χ1) is 12.2. The first-order valence-electron chi connectivity index (χ1n) is 9.06. The average Bonchev–Trinajstić information content (AvgIpc) is 2.88. The fourth-order valence-corrected chi connectivity index (χ4v) is 3.23. The molecule has 0 saturated carbocycles. The number of carbonyl (C=O) groups excluding carboxylic acids is 1. The van der Waals surface area contributed by atoms with Gasteiger partial charge >= 0.3 is 0 Å². The van der Waals surface area contributed by atoms with E-state index in [2.05, 4.69) is 45.2 Å². The van der Waals surface area contributed by atoms with Crippen LogP contribution in [-0.4, -0.2) is 58.4 Å². The summed E-state index contributed by atoms with van der Waals surface area (Å²) in [5, 5.41) is 0. The summed E-state index contributed by atoms with van der Waals surface area (Å²) in [5.41, 5.74) is 1.98. The van der Waals surface area contributed by atoms with Crippen LogP contribution >= 0.6 is 0 Å². The van der Waals surface area contributed by atoms with Crippen LogP contribution in [0.5, 0.6) is 0 Å². The first kappa shape index (κ1) is 17.5. The van der Waals surface area contributed by atoms with E-state index in [-0.39, 0.29) is 5.91 Å². The van der Waals surface area contributed by atoms with Gasteiger partial charge in [0.1, 0.15) is 5.82 Å². The molecule has 1 saturated heterocycles. The Kier molecular flexibility index (Phi) is 6.12. The molecule has 2 heterocycles. The van der Waals surface area contributed by atoms with E-state index in [1.165, 1.54) is 5.56 Å². The molecule has 1 aliphatic heterocycles. The third-order valence-corrected chi connectivity index (χ3v) is 4.69. The van der Waals surface area contributed by atoms with Crippen molar-refractivity contribution in [1.29, 1.82) is 0 Å². The number of aryl methyl sites for hydroxylation is 2. The second-order valence-electron chi connectivity index (χ2n) is 6.60. The SMILES string of the molecule is Cc1ncc(C(=O)N2CCCN(CCCc3ccccc3)CC2)cn1. The van der Waals surface area contributed by atoms with Crippen molar-refractivity contribution in [2.45, 2.75) is 26.2 Å². The topological polar surface area (TPSA) is 49.3 Å². The third kappa shape index (κ3) is 5.10. The zero-order chi connectivity index (χ0) is 17.5. The molecule has 1 amide bonds. The maximum atomic E-state index is 12.6. The minimum Gasteiger partial charge on any atom is -0.337 e. The lowest BCUT2D eigenvalue weighted by atomic mass is 10.1. The number of carbonyl (C=O) groups is 1. The maximum absolute atomic E-state index is 12.6. The predicted molar refractivity (Wildman–Crippen MR) is 98.5 cm³/mol. The highest BCUT2D eigenvalue weighted by Crippen LogP contribution is 2.10. The fourth-order valence-electron chi connectivity index (χ4n) is 3.23. The van der Waals surface area contributed by atoms with Gasteiger partial charge in [0.2, 0.25) is 0 Å². The lowest BCUT2D eigenvalue weighted by molar-refractivity contribution is 0.0760. The van der Waals surface area contributed by atoms with Gasteiger partial charge in [0, 0.05) is 32.0 Å². The molecule has 0 atom stereocenters.